The van der Waals surface area contributed by atoms with Gasteiger partial charge in [0.1, 0.15) is 77.3 Å². The maximum atomic E-state index is 7.01. The van der Waals surface area contributed by atoms with E-state index in [0.29, 0.717) is 16.5 Å². The molecule has 0 unspecified atom stereocenters. The number of benzene rings is 8. The molecule has 0 saturated carbocycles. The summed E-state index contributed by atoms with van der Waals surface area (Å²) in [5.41, 5.74) is 9.37. The standard InChI is InChI=1S/C46H22B7NO2/c47-36-34-35-43(40(51)39(50)42(53)46(35)56-45(34)41(52)38(49)37(36)48)54(26-19-15-24(16-20-26)29-11-5-8-23-7-1-2-9-28(23)29)27-21-17-25(18-22-27)30-12-6-13-32-31-10-3-4-14-33(31)55-44(30)32/h1-22H. The first-order valence-corrected chi connectivity index (χ1v) is 18.0. The molecule has 14 radical (unpaired) electrons. The van der Waals surface area contributed by atoms with Crippen LogP contribution in [0.15, 0.2) is 142 Å². The van der Waals surface area contributed by atoms with Crippen molar-refractivity contribution in [1.29, 1.82) is 0 Å². The average Bonchev–Trinajstić information content (AvgIpc) is 3.83. The molecule has 0 aliphatic rings. The van der Waals surface area contributed by atoms with Gasteiger partial charge in [-0.05, 0) is 57.8 Å². The molecule has 0 atom stereocenters. The Balaban J connectivity index is 1.21. The first-order chi connectivity index (χ1) is 27.2. The predicted octanol–water partition coefficient (Wildman–Crippen LogP) is 5.00. The molecule has 10 heteroatoms. The summed E-state index contributed by atoms with van der Waals surface area (Å²) in [4.78, 5) is 2.02. The van der Waals surface area contributed by atoms with E-state index in [1.807, 2.05) is 65.6 Å². The highest BCUT2D eigenvalue weighted by atomic mass is 16.3. The molecule has 0 bridgehead atoms. The maximum absolute atomic E-state index is 7.01. The molecule has 2 aromatic heterocycles. The second kappa shape index (κ2) is 13.0. The van der Waals surface area contributed by atoms with Crippen molar-refractivity contribution in [2.45, 2.75) is 0 Å². The summed E-state index contributed by atoms with van der Waals surface area (Å²) in [5, 5.41) is 5.35. The van der Waals surface area contributed by atoms with Crippen molar-refractivity contribution in [2.24, 2.45) is 0 Å². The first-order valence-electron chi connectivity index (χ1n) is 18.0. The molecular formula is C46H22B7NO2. The molecule has 0 N–H and O–H groups in total. The van der Waals surface area contributed by atoms with Crippen LogP contribution in [-0.2, 0) is 0 Å². The number of nitrogens with zero attached hydrogens (tertiary/aromatic N) is 1. The van der Waals surface area contributed by atoms with Crippen LogP contribution in [0.5, 0.6) is 0 Å². The zero-order valence-corrected chi connectivity index (χ0v) is 30.0. The van der Waals surface area contributed by atoms with Crippen LogP contribution in [0, 0.1) is 0 Å². The van der Waals surface area contributed by atoms with Gasteiger partial charge in [-0.25, -0.2) is 0 Å². The van der Waals surface area contributed by atoms with E-state index in [-0.39, 0.29) is 49.4 Å². The Labute approximate surface area is 332 Å². The summed E-state index contributed by atoms with van der Waals surface area (Å²) in [6.07, 6.45) is 0. The summed E-state index contributed by atoms with van der Waals surface area (Å²) >= 11 is 0. The quantitative estimate of drug-likeness (QED) is 0.238. The number of hydrogen-bond donors (Lipinski definition) is 0. The molecule has 0 aliphatic carbocycles. The number of hydrogen-bond acceptors (Lipinski definition) is 3. The zero-order chi connectivity index (χ0) is 38.4. The highest BCUT2D eigenvalue weighted by Crippen LogP contribution is 2.42. The van der Waals surface area contributed by atoms with E-state index in [4.69, 9.17) is 63.8 Å². The lowest BCUT2D eigenvalue weighted by atomic mass is 9.65. The topological polar surface area (TPSA) is 29.5 Å². The van der Waals surface area contributed by atoms with Gasteiger partial charge in [0.05, 0.1) is 11.1 Å². The van der Waals surface area contributed by atoms with E-state index < -0.39 is 0 Å². The fraction of sp³-hybridized carbons (Fsp3) is 0. The van der Waals surface area contributed by atoms with Crippen molar-refractivity contribution in [3.63, 3.8) is 0 Å². The molecule has 56 heavy (non-hydrogen) atoms. The van der Waals surface area contributed by atoms with Crippen LogP contribution in [0.3, 0.4) is 0 Å². The molecule has 10 aromatic rings. The largest absolute Gasteiger partial charge is 0.457 e. The van der Waals surface area contributed by atoms with E-state index in [1.165, 1.54) is 0 Å². The van der Waals surface area contributed by atoms with E-state index in [2.05, 4.69) is 72.8 Å². The van der Waals surface area contributed by atoms with Gasteiger partial charge >= 0.3 is 0 Å². The molecule has 0 amide bonds. The molecule has 0 saturated heterocycles. The lowest BCUT2D eigenvalue weighted by Crippen LogP contribution is -2.47. The maximum Gasteiger partial charge on any atom is 0.143 e. The van der Waals surface area contributed by atoms with Crippen LogP contribution in [-0.4, -0.2) is 54.9 Å². The lowest BCUT2D eigenvalue weighted by Gasteiger charge is -2.30. The Morgan fingerprint density at radius 3 is 1.59 bits per heavy atom. The lowest BCUT2D eigenvalue weighted by molar-refractivity contribution is 0.670. The minimum Gasteiger partial charge on any atom is -0.457 e. The third kappa shape index (κ3) is 5.08. The number of fused-ring (bicyclic) bond motifs is 7. The van der Waals surface area contributed by atoms with E-state index in [0.717, 1.165) is 66.3 Å². The number of anilines is 3. The molecule has 3 nitrogen and oxygen atoms in total. The van der Waals surface area contributed by atoms with Crippen molar-refractivity contribution >= 4 is 165 Å². The molecular weight excluding hydrogens is 674 g/mol. The highest BCUT2D eigenvalue weighted by Gasteiger charge is 2.26. The average molecular weight is 696 g/mol. The van der Waals surface area contributed by atoms with Gasteiger partial charge in [-0.15, -0.1) is 16.4 Å². The Morgan fingerprint density at radius 1 is 0.357 bits per heavy atom. The minimum absolute atomic E-state index is 0.117. The van der Waals surface area contributed by atoms with Crippen LogP contribution < -0.4 is 43.1 Å². The summed E-state index contributed by atoms with van der Waals surface area (Å²) in [6, 6.07) is 45.3. The SMILES string of the molecule is [B]c1c([B])c([B])c2c(oc3c([B])c([B])c([B])c(N(c4ccc(-c5cccc6ccccc56)cc4)c4ccc(-c5cccc6c5oc5ccccc56)cc4)c32)c1[B]. The monoisotopic (exact) mass is 697 g/mol. The van der Waals surface area contributed by atoms with Crippen molar-refractivity contribution in [3.8, 4) is 22.3 Å². The van der Waals surface area contributed by atoms with E-state index in [1.54, 1.807) is 0 Å². The predicted molar refractivity (Wildman–Crippen MR) is 242 cm³/mol. The fourth-order valence-electron chi connectivity index (χ4n) is 8.04. The third-order valence-electron chi connectivity index (χ3n) is 10.9. The van der Waals surface area contributed by atoms with Crippen molar-refractivity contribution in [1.82, 2.24) is 0 Å². The molecule has 10 rings (SSSR count). The van der Waals surface area contributed by atoms with Crippen molar-refractivity contribution in [2.75, 3.05) is 4.90 Å². The summed E-state index contributed by atoms with van der Waals surface area (Å²) in [5.74, 6) is 0. The van der Waals surface area contributed by atoms with Gasteiger partial charge in [-0.3, -0.25) is 0 Å². The van der Waals surface area contributed by atoms with Gasteiger partial charge in [0.2, 0.25) is 0 Å². The first kappa shape index (κ1) is 34.4. The van der Waals surface area contributed by atoms with Crippen LogP contribution in [0.25, 0.3) is 76.9 Å². The second-order valence-electron chi connectivity index (χ2n) is 14.0. The third-order valence-corrected chi connectivity index (χ3v) is 10.9. The fourth-order valence-corrected chi connectivity index (χ4v) is 8.04. The van der Waals surface area contributed by atoms with Crippen molar-refractivity contribution < 1.29 is 8.83 Å². The second-order valence-corrected chi connectivity index (χ2v) is 14.0. The van der Waals surface area contributed by atoms with Crippen LogP contribution in [0.4, 0.5) is 17.1 Å². The zero-order valence-electron chi connectivity index (χ0n) is 30.0. The number of para-hydroxylation sites is 2. The van der Waals surface area contributed by atoms with Crippen LogP contribution >= 0.6 is 0 Å². The highest BCUT2D eigenvalue weighted by molar-refractivity contribution is 6.68. The Kier molecular flexibility index (Phi) is 7.97. The smallest absolute Gasteiger partial charge is 0.143 e. The van der Waals surface area contributed by atoms with Gasteiger partial charge in [-0.2, -0.15) is 0 Å². The van der Waals surface area contributed by atoms with Gasteiger partial charge < -0.3 is 13.7 Å². The van der Waals surface area contributed by atoms with Gasteiger partial charge in [0.25, 0.3) is 0 Å². The number of furan rings is 2. The minimum atomic E-state index is 0.117. The van der Waals surface area contributed by atoms with Gasteiger partial charge in [-0.1, -0.05) is 125 Å². The van der Waals surface area contributed by atoms with Gasteiger partial charge in [0, 0.05) is 33.1 Å². The Morgan fingerprint density at radius 2 is 0.875 bits per heavy atom. The molecule has 0 fully saturated rings. The Hall–Kier alpha value is -6.13. The Bertz CT molecular complexity index is 3220. The van der Waals surface area contributed by atoms with E-state index in [9.17, 15) is 0 Å². The van der Waals surface area contributed by atoms with E-state index >= 15 is 0 Å². The summed E-state index contributed by atoms with van der Waals surface area (Å²) in [6.45, 7) is 0. The summed E-state index contributed by atoms with van der Waals surface area (Å²) in [7, 11) is 46.2. The number of rotatable bonds is 5. The molecule has 0 aliphatic heterocycles. The normalized spacial score (nSPS) is 11.7. The summed E-state index contributed by atoms with van der Waals surface area (Å²) < 4.78 is 12.7. The van der Waals surface area contributed by atoms with Crippen LogP contribution in [0.2, 0.25) is 0 Å². The molecule has 2 heterocycles. The molecule has 8 aromatic carbocycles. The molecule has 0 spiro atoms. The van der Waals surface area contributed by atoms with Crippen LogP contribution in [0.1, 0.15) is 0 Å². The van der Waals surface area contributed by atoms with Gasteiger partial charge in [0.15, 0.2) is 0 Å². The van der Waals surface area contributed by atoms with Crippen molar-refractivity contribution in [3.05, 3.63) is 133 Å². The molecule has 244 valence electrons.